The Hall–Kier alpha value is -3.61. The van der Waals surface area contributed by atoms with Crippen LogP contribution in [0.3, 0.4) is 0 Å². The van der Waals surface area contributed by atoms with Gasteiger partial charge in [0, 0.05) is 40.0 Å². The van der Waals surface area contributed by atoms with Crippen molar-refractivity contribution >= 4 is 34.4 Å². The number of hydrogen-bond donors (Lipinski definition) is 3. The van der Waals surface area contributed by atoms with Gasteiger partial charge in [-0.25, -0.2) is 0 Å². The summed E-state index contributed by atoms with van der Waals surface area (Å²) >= 11 is 0. The molecule has 0 bridgehead atoms. The lowest BCUT2D eigenvalue weighted by atomic mass is 10.1. The highest BCUT2D eigenvalue weighted by atomic mass is 16.5. The fraction of sp³-hybridized carbons (Fsp3) is 0.227. The van der Waals surface area contributed by atoms with Crippen molar-refractivity contribution in [2.75, 3.05) is 19.0 Å². The minimum atomic E-state index is -0.383. The van der Waals surface area contributed by atoms with Gasteiger partial charge in [0.25, 0.3) is 11.8 Å². The zero-order chi connectivity index (χ0) is 21.0. The van der Waals surface area contributed by atoms with Crippen LogP contribution in [0.1, 0.15) is 38.4 Å². The third-order valence-corrected chi connectivity index (χ3v) is 4.82. The van der Waals surface area contributed by atoms with Crippen LogP contribution < -0.4 is 10.6 Å². The first kappa shape index (κ1) is 20.1. The lowest BCUT2D eigenvalue weighted by molar-refractivity contribution is -0.140. The molecule has 7 heteroatoms. The van der Waals surface area contributed by atoms with E-state index in [-0.39, 0.29) is 30.7 Å². The third kappa shape index (κ3) is 4.63. The van der Waals surface area contributed by atoms with Gasteiger partial charge < -0.3 is 20.4 Å². The monoisotopic (exact) mass is 393 g/mol. The van der Waals surface area contributed by atoms with Crippen LogP contribution in [0.25, 0.3) is 10.9 Å². The quantitative estimate of drug-likeness (QED) is 0.559. The molecule has 3 aromatic rings. The smallest absolute Gasteiger partial charge is 0.307 e. The second-order valence-corrected chi connectivity index (χ2v) is 6.75. The SMILES string of the molecule is COC(=O)CCNC(=O)c1ccc(NC(=O)c2ccc3[nH]c(C)c(C)c3c2)cc1. The molecule has 0 aliphatic rings. The van der Waals surface area contributed by atoms with Gasteiger partial charge in [0.15, 0.2) is 0 Å². The van der Waals surface area contributed by atoms with Gasteiger partial charge in [0.05, 0.1) is 13.5 Å². The zero-order valence-corrected chi connectivity index (χ0v) is 16.6. The molecule has 0 fully saturated rings. The molecular formula is C22H23N3O4. The molecule has 0 radical (unpaired) electrons. The van der Waals surface area contributed by atoms with Crippen molar-refractivity contribution in [3.63, 3.8) is 0 Å². The normalized spacial score (nSPS) is 10.6. The number of hydrogen-bond acceptors (Lipinski definition) is 4. The molecule has 7 nitrogen and oxygen atoms in total. The number of aromatic nitrogens is 1. The van der Waals surface area contributed by atoms with Crippen molar-refractivity contribution in [3.05, 3.63) is 64.8 Å². The van der Waals surface area contributed by atoms with Crippen molar-refractivity contribution < 1.29 is 19.1 Å². The summed E-state index contributed by atoms with van der Waals surface area (Å²) in [5.41, 5.74) is 4.79. The zero-order valence-electron chi connectivity index (χ0n) is 16.6. The van der Waals surface area contributed by atoms with Crippen LogP contribution in [-0.2, 0) is 9.53 Å². The number of rotatable bonds is 6. The van der Waals surface area contributed by atoms with E-state index in [4.69, 9.17) is 0 Å². The predicted octanol–water partition coefficient (Wildman–Crippen LogP) is 3.33. The molecule has 1 aromatic heterocycles. The van der Waals surface area contributed by atoms with Crippen molar-refractivity contribution in [2.45, 2.75) is 20.3 Å². The first-order valence-corrected chi connectivity index (χ1v) is 9.24. The van der Waals surface area contributed by atoms with Crippen molar-refractivity contribution in [1.29, 1.82) is 0 Å². The maximum atomic E-state index is 12.6. The molecule has 1 heterocycles. The highest BCUT2D eigenvalue weighted by Gasteiger charge is 2.11. The maximum absolute atomic E-state index is 12.6. The van der Waals surface area contributed by atoms with Crippen molar-refractivity contribution in [2.24, 2.45) is 0 Å². The number of esters is 1. The number of methoxy groups -OCH3 is 1. The molecular weight excluding hydrogens is 370 g/mol. The molecule has 150 valence electrons. The summed E-state index contributed by atoms with van der Waals surface area (Å²) in [6.07, 6.45) is 0.112. The number of amides is 2. The average molecular weight is 393 g/mol. The molecule has 3 rings (SSSR count). The lowest BCUT2D eigenvalue weighted by Crippen LogP contribution is -2.26. The summed E-state index contributed by atoms with van der Waals surface area (Å²) < 4.78 is 4.53. The molecule has 0 aliphatic heterocycles. The van der Waals surface area contributed by atoms with E-state index in [1.54, 1.807) is 30.3 Å². The van der Waals surface area contributed by atoms with Crippen LogP contribution in [-0.4, -0.2) is 36.4 Å². The van der Waals surface area contributed by atoms with E-state index in [2.05, 4.69) is 20.4 Å². The summed E-state index contributed by atoms with van der Waals surface area (Å²) in [6, 6.07) is 12.1. The molecule has 0 aliphatic carbocycles. The summed E-state index contributed by atoms with van der Waals surface area (Å²) in [5, 5.41) is 6.51. The fourth-order valence-corrected chi connectivity index (χ4v) is 2.99. The second kappa shape index (κ2) is 8.60. The van der Waals surface area contributed by atoms with E-state index in [1.807, 2.05) is 26.0 Å². The van der Waals surface area contributed by atoms with Gasteiger partial charge in [-0.15, -0.1) is 0 Å². The number of aromatic amines is 1. The topological polar surface area (TPSA) is 100 Å². The first-order chi connectivity index (χ1) is 13.9. The van der Waals surface area contributed by atoms with Gasteiger partial charge in [-0.3, -0.25) is 14.4 Å². The second-order valence-electron chi connectivity index (χ2n) is 6.75. The van der Waals surface area contributed by atoms with E-state index < -0.39 is 0 Å². The number of carbonyl (C=O) groups is 3. The number of anilines is 1. The number of nitrogens with one attached hydrogen (secondary N) is 3. The van der Waals surface area contributed by atoms with Crippen LogP contribution in [0, 0.1) is 13.8 Å². The first-order valence-electron chi connectivity index (χ1n) is 9.24. The fourth-order valence-electron chi connectivity index (χ4n) is 2.99. The predicted molar refractivity (Wildman–Crippen MR) is 111 cm³/mol. The molecule has 2 aromatic carbocycles. The van der Waals surface area contributed by atoms with Crippen LogP contribution >= 0.6 is 0 Å². The van der Waals surface area contributed by atoms with Gasteiger partial charge in [-0.2, -0.15) is 0 Å². The Labute approximate surface area is 168 Å². The highest BCUT2D eigenvalue weighted by Crippen LogP contribution is 2.23. The van der Waals surface area contributed by atoms with Gasteiger partial charge in [0.2, 0.25) is 0 Å². The molecule has 3 N–H and O–H groups in total. The Bertz CT molecular complexity index is 1070. The molecule has 29 heavy (non-hydrogen) atoms. The Morgan fingerprint density at radius 3 is 2.34 bits per heavy atom. The molecule has 0 spiro atoms. The van der Waals surface area contributed by atoms with Crippen LogP contribution in [0.2, 0.25) is 0 Å². The number of carbonyl (C=O) groups excluding carboxylic acids is 3. The average Bonchev–Trinajstić information content (AvgIpc) is 3.01. The standard InChI is InChI=1S/C22H23N3O4/c1-13-14(2)24-19-9-6-16(12-18(13)19)22(28)25-17-7-4-15(5-8-17)21(27)23-11-10-20(26)29-3/h4-9,12,24H,10-11H2,1-3H3,(H,23,27)(H,25,28). The Kier molecular flexibility index (Phi) is 5.97. The van der Waals surface area contributed by atoms with Gasteiger partial charge in [0.1, 0.15) is 0 Å². The molecule has 0 atom stereocenters. The minimum Gasteiger partial charge on any atom is -0.469 e. The molecule has 0 saturated heterocycles. The van der Waals surface area contributed by atoms with Crippen LogP contribution in [0.5, 0.6) is 0 Å². The molecule has 0 unspecified atom stereocenters. The van der Waals surface area contributed by atoms with Crippen LogP contribution in [0.15, 0.2) is 42.5 Å². The number of ether oxygens (including phenoxy) is 1. The lowest BCUT2D eigenvalue weighted by Gasteiger charge is -2.08. The number of benzene rings is 2. The third-order valence-electron chi connectivity index (χ3n) is 4.82. The van der Waals surface area contributed by atoms with Crippen LogP contribution in [0.4, 0.5) is 5.69 Å². The summed E-state index contributed by atoms with van der Waals surface area (Å²) in [6.45, 7) is 4.22. The summed E-state index contributed by atoms with van der Waals surface area (Å²) in [5.74, 6) is -0.900. The van der Waals surface area contributed by atoms with E-state index >= 15 is 0 Å². The Morgan fingerprint density at radius 2 is 1.66 bits per heavy atom. The van der Waals surface area contributed by atoms with E-state index in [0.29, 0.717) is 16.8 Å². The molecule has 2 amide bonds. The van der Waals surface area contributed by atoms with Gasteiger partial charge >= 0.3 is 5.97 Å². The summed E-state index contributed by atoms with van der Waals surface area (Å²) in [7, 11) is 1.30. The van der Waals surface area contributed by atoms with E-state index in [0.717, 1.165) is 22.2 Å². The number of fused-ring (bicyclic) bond motifs is 1. The van der Waals surface area contributed by atoms with E-state index in [9.17, 15) is 14.4 Å². The van der Waals surface area contributed by atoms with Crippen molar-refractivity contribution in [3.8, 4) is 0 Å². The number of aryl methyl sites for hydroxylation is 2. The Balaban J connectivity index is 1.63. The highest BCUT2D eigenvalue weighted by molar-refractivity contribution is 6.06. The Morgan fingerprint density at radius 1 is 0.966 bits per heavy atom. The summed E-state index contributed by atoms with van der Waals surface area (Å²) in [4.78, 5) is 39.0. The van der Waals surface area contributed by atoms with Gasteiger partial charge in [-0.1, -0.05) is 0 Å². The van der Waals surface area contributed by atoms with Gasteiger partial charge in [-0.05, 0) is 61.9 Å². The largest absolute Gasteiger partial charge is 0.469 e. The van der Waals surface area contributed by atoms with E-state index in [1.165, 1.54) is 7.11 Å². The molecule has 0 saturated carbocycles. The maximum Gasteiger partial charge on any atom is 0.307 e. The van der Waals surface area contributed by atoms with Crippen molar-refractivity contribution in [1.82, 2.24) is 10.3 Å². The number of H-pyrrole nitrogens is 1. The minimum absolute atomic E-state index is 0.112.